The van der Waals surface area contributed by atoms with E-state index in [1.165, 1.54) is 7.11 Å². The summed E-state index contributed by atoms with van der Waals surface area (Å²) in [6.45, 7) is 11.1. The highest BCUT2D eigenvalue weighted by Crippen LogP contribution is 2.38. The minimum Gasteiger partial charge on any atom is -0.464 e. The molecule has 0 bridgehead atoms. The van der Waals surface area contributed by atoms with Crippen molar-refractivity contribution < 1.29 is 14.3 Å². The van der Waals surface area contributed by atoms with Crippen LogP contribution < -0.4 is 9.70 Å². The Morgan fingerprint density at radius 2 is 2.00 bits per heavy atom. The quantitative estimate of drug-likeness (QED) is 0.0536. The fourth-order valence-corrected chi connectivity index (χ4v) is 8.10. The van der Waals surface area contributed by atoms with Gasteiger partial charge in [0.1, 0.15) is 6.73 Å². The average molecular weight is 737 g/mol. The molecule has 1 aromatic carbocycles. The van der Waals surface area contributed by atoms with E-state index in [0.29, 0.717) is 18.2 Å². The summed E-state index contributed by atoms with van der Waals surface area (Å²) >= 11 is 5.54. The Morgan fingerprint density at radius 3 is 2.76 bits per heavy atom. The number of hydrogen-bond acceptors (Lipinski definition) is 10. The van der Waals surface area contributed by atoms with Gasteiger partial charge in [0.2, 0.25) is 0 Å². The van der Waals surface area contributed by atoms with Crippen LogP contribution in [0.4, 0.5) is 16.8 Å². The molecule has 0 spiro atoms. The molecular weight excluding hydrogens is 699 g/mol. The van der Waals surface area contributed by atoms with Gasteiger partial charge in [-0.15, -0.1) is 21.5 Å². The van der Waals surface area contributed by atoms with Crippen LogP contribution in [0.3, 0.4) is 0 Å². The SMILES string of the molecule is COC(=O)c1nc(N2CCCc3c2nnc(/N=c2\sc4ccccc4n2COCC[Si](C)(C)C)c3C)sc1CCCI. The monoisotopic (exact) mass is 736 g/mol. The zero-order valence-corrected chi connectivity index (χ0v) is 29.6. The van der Waals surface area contributed by atoms with Crippen molar-refractivity contribution in [2.24, 2.45) is 4.99 Å². The van der Waals surface area contributed by atoms with E-state index in [9.17, 15) is 4.79 Å². The molecule has 0 atom stereocenters. The van der Waals surface area contributed by atoms with Gasteiger partial charge in [-0.05, 0) is 55.2 Å². The van der Waals surface area contributed by atoms with Crippen molar-refractivity contribution in [1.82, 2.24) is 19.7 Å². The zero-order chi connectivity index (χ0) is 29.9. The molecule has 0 saturated heterocycles. The number of fused-ring (bicyclic) bond motifs is 2. The maximum Gasteiger partial charge on any atom is 0.357 e. The van der Waals surface area contributed by atoms with Crippen LogP contribution in [0.5, 0.6) is 0 Å². The summed E-state index contributed by atoms with van der Waals surface area (Å²) in [5.41, 5.74) is 3.65. The first-order chi connectivity index (χ1) is 20.2. The Hall–Kier alpha value is -2.20. The minimum absolute atomic E-state index is 0.393. The fourth-order valence-electron chi connectivity index (χ4n) is 4.82. The molecule has 1 aliphatic rings. The standard InChI is InChI=1S/C29H37IN6O3S2Si/c1-19-20-10-9-15-35(28-31-24(27(37)38-2)23(41-28)13-8-14-30)26(20)34-33-25(19)32-29-36(18-39-16-17-42(3,4)5)21-11-6-7-12-22(21)40-29/h6-7,11-12H,8-10,13-18H2,1-5H3/b32-29-. The lowest BCUT2D eigenvalue weighted by Gasteiger charge is -2.28. The highest BCUT2D eigenvalue weighted by atomic mass is 127. The number of ether oxygens (including phenoxy) is 2. The van der Waals surface area contributed by atoms with E-state index in [2.05, 4.69) is 87.0 Å². The second-order valence-corrected chi connectivity index (χ2v) is 20.3. The number of nitrogens with zero attached hydrogens (tertiary/aromatic N) is 6. The number of carbonyl (C=O) groups is 1. The number of carbonyl (C=O) groups excluding carboxylic acids is 1. The van der Waals surface area contributed by atoms with Gasteiger partial charge in [-0.1, -0.05) is 65.7 Å². The second kappa shape index (κ2) is 13.6. The Bertz CT molecular complexity index is 1640. The number of aryl methyl sites for hydroxylation is 1. The van der Waals surface area contributed by atoms with Crippen molar-refractivity contribution in [1.29, 1.82) is 0 Å². The highest BCUT2D eigenvalue weighted by Gasteiger charge is 2.28. The molecule has 0 fully saturated rings. The molecule has 42 heavy (non-hydrogen) atoms. The van der Waals surface area contributed by atoms with Gasteiger partial charge in [0.25, 0.3) is 0 Å². The highest BCUT2D eigenvalue weighted by molar-refractivity contribution is 14.1. The van der Waals surface area contributed by atoms with Crippen LogP contribution in [0.15, 0.2) is 29.3 Å². The first-order valence-electron chi connectivity index (χ1n) is 14.2. The third kappa shape index (κ3) is 6.95. The van der Waals surface area contributed by atoms with Gasteiger partial charge < -0.3 is 14.4 Å². The summed E-state index contributed by atoms with van der Waals surface area (Å²) in [4.78, 5) is 26.1. The first-order valence-corrected chi connectivity index (χ1v) is 21.0. The van der Waals surface area contributed by atoms with Gasteiger partial charge >= 0.3 is 5.97 Å². The molecule has 5 rings (SSSR count). The first kappa shape index (κ1) is 31.2. The van der Waals surface area contributed by atoms with E-state index >= 15 is 0 Å². The maximum atomic E-state index is 12.5. The van der Waals surface area contributed by atoms with Crippen molar-refractivity contribution in [3.05, 3.63) is 50.8 Å². The molecule has 1 aliphatic heterocycles. The number of alkyl halides is 1. The van der Waals surface area contributed by atoms with Gasteiger partial charge in [0, 0.05) is 37.2 Å². The smallest absolute Gasteiger partial charge is 0.357 e. The Balaban J connectivity index is 1.49. The van der Waals surface area contributed by atoms with Crippen LogP contribution in [0.2, 0.25) is 25.7 Å². The molecule has 4 aromatic rings. The molecule has 0 amide bonds. The lowest BCUT2D eigenvalue weighted by molar-refractivity contribution is 0.0593. The summed E-state index contributed by atoms with van der Waals surface area (Å²) in [6, 6.07) is 9.45. The van der Waals surface area contributed by atoms with E-state index in [1.807, 2.05) is 6.07 Å². The number of rotatable bonds is 11. The molecular formula is C29H37IN6O3S2Si. The Kier molecular flexibility index (Phi) is 10.1. The summed E-state index contributed by atoms with van der Waals surface area (Å²) < 4.78 is 15.5. The van der Waals surface area contributed by atoms with Gasteiger partial charge in [-0.3, -0.25) is 4.57 Å². The normalized spacial score (nSPS) is 14.0. The minimum atomic E-state index is -1.18. The third-order valence-electron chi connectivity index (χ3n) is 7.20. The number of methoxy groups -OCH3 is 1. The van der Waals surface area contributed by atoms with Gasteiger partial charge in [-0.2, -0.15) is 4.99 Å². The lowest BCUT2D eigenvalue weighted by Crippen LogP contribution is -2.27. The Labute approximate surface area is 269 Å². The average Bonchev–Trinajstić information content (AvgIpc) is 3.55. The molecule has 0 radical (unpaired) electrons. The molecule has 4 heterocycles. The molecule has 224 valence electrons. The molecule has 0 N–H and O–H groups in total. The summed E-state index contributed by atoms with van der Waals surface area (Å²) in [5.74, 6) is 1.02. The lowest BCUT2D eigenvalue weighted by atomic mass is 10.0. The van der Waals surface area contributed by atoms with Crippen molar-refractivity contribution >= 4 is 86.3 Å². The van der Waals surface area contributed by atoms with Crippen LogP contribution in [-0.4, -0.2) is 58.5 Å². The summed E-state index contributed by atoms with van der Waals surface area (Å²) in [7, 11) is 0.223. The van der Waals surface area contributed by atoms with E-state index in [4.69, 9.17) is 19.5 Å². The predicted molar refractivity (Wildman–Crippen MR) is 182 cm³/mol. The number of aromatic nitrogens is 4. The molecule has 13 heteroatoms. The third-order valence-corrected chi connectivity index (χ3v) is 11.9. The molecule has 0 saturated carbocycles. The molecule has 0 aliphatic carbocycles. The molecule has 3 aromatic heterocycles. The fraction of sp³-hybridized carbons (Fsp3) is 0.483. The number of hydrogen-bond donors (Lipinski definition) is 0. The molecule has 9 nitrogen and oxygen atoms in total. The van der Waals surface area contributed by atoms with Crippen molar-refractivity contribution in [3.8, 4) is 0 Å². The maximum absolute atomic E-state index is 12.5. The number of halogens is 1. The second-order valence-electron chi connectivity index (χ2n) is 11.5. The predicted octanol–water partition coefficient (Wildman–Crippen LogP) is 7.04. The Morgan fingerprint density at radius 1 is 1.19 bits per heavy atom. The van der Waals surface area contributed by atoms with E-state index < -0.39 is 14.0 Å². The van der Waals surface area contributed by atoms with E-state index in [0.717, 1.165) is 91.3 Å². The number of thiazole rings is 2. The summed E-state index contributed by atoms with van der Waals surface area (Å²) in [6.07, 6.45) is 3.61. The van der Waals surface area contributed by atoms with Crippen LogP contribution >= 0.6 is 45.3 Å². The molecule has 0 unspecified atom stereocenters. The van der Waals surface area contributed by atoms with Crippen LogP contribution in [0.1, 0.15) is 39.3 Å². The van der Waals surface area contributed by atoms with Crippen LogP contribution in [-0.2, 0) is 29.0 Å². The van der Waals surface area contributed by atoms with Crippen LogP contribution in [0, 0.1) is 6.92 Å². The number of esters is 1. The van der Waals surface area contributed by atoms with Crippen molar-refractivity contribution in [2.45, 2.75) is 65.0 Å². The van der Waals surface area contributed by atoms with Crippen LogP contribution in [0.25, 0.3) is 10.2 Å². The van der Waals surface area contributed by atoms with Crippen molar-refractivity contribution in [3.63, 3.8) is 0 Å². The number of para-hydroxylation sites is 1. The van der Waals surface area contributed by atoms with Gasteiger partial charge in [0.05, 0.1) is 17.3 Å². The van der Waals surface area contributed by atoms with E-state index in [1.54, 1.807) is 22.7 Å². The largest absolute Gasteiger partial charge is 0.464 e. The van der Waals surface area contributed by atoms with Crippen molar-refractivity contribution in [2.75, 3.05) is 29.6 Å². The topological polar surface area (TPSA) is 94.7 Å². The summed E-state index contributed by atoms with van der Waals surface area (Å²) in [5, 5.41) is 10.1. The number of anilines is 2. The zero-order valence-electron chi connectivity index (χ0n) is 24.8. The van der Waals surface area contributed by atoms with E-state index in [-0.39, 0.29) is 0 Å². The number of benzene rings is 1. The van der Waals surface area contributed by atoms with Gasteiger partial charge in [-0.25, -0.2) is 9.78 Å². The van der Waals surface area contributed by atoms with Gasteiger partial charge in [0.15, 0.2) is 27.3 Å².